The van der Waals surface area contributed by atoms with Crippen LogP contribution in [0, 0.1) is 0 Å². The number of fused-ring (bicyclic) bond motifs is 3. The van der Waals surface area contributed by atoms with Crippen molar-refractivity contribution in [3.8, 4) is 11.1 Å². The number of aliphatic hydroxyl groups is 2. The molecule has 172 valence electrons. The number of esters is 1. The Kier molecular flexibility index (Phi) is 6.76. The Bertz CT molecular complexity index is 1100. The van der Waals surface area contributed by atoms with Crippen molar-refractivity contribution in [1.82, 2.24) is 10.3 Å². The molecule has 0 fully saturated rings. The van der Waals surface area contributed by atoms with Crippen molar-refractivity contribution in [3.05, 3.63) is 83.2 Å². The van der Waals surface area contributed by atoms with Gasteiger partial charge >= 0.3 is 12.1 Å². The third kappa shape index (κ3) is 4.76. The number of aromatic nitrogens is 1. The zero-order chi connectivity index (χ0) is 23.4. The topological polar surface area (TPSA) is 121 Å². The number of benzene rings is 2. The molecule has 2 aromatic carbocycles. The molecule has 0 spiro atoms. The lowest BCUT2D eigenvalue weighted by Gasteiger charge is -2.18. The molecule has 1 aliphatic rings. The molecule has 2 unspecified atom stereocenters. The van der Waals surface area contributed by atoms with Crippen LogP contribution in [0.25, 0.3) is 11.1 Å². The number of alkyl carbamates (subject to hydrolysis) is 1. The summed E-state index contributed by atoms with van der Waals surface area (Å²) in [5, 5.41) is 23.1. The number of aromatic amines is 1. The van der Waals surface area contributed by atoms with Crippen LogP contribution in [0.15, 0.2) is 60.8 Å². The Morgan fingerprint density at radius 2 is 1.67 bits per heavy atom. The molecule has 4 N–H and O–H groups in total. The van der Waals surface area contributed by atoms with Crippen LogP contribution < -0.4 is 5.32 Å². The molecule has 0 bridgehead atoms. The summed E-state index contributed by atoms with van der Waals surface area (Å²) >= 11 is 0. The Balaban J connectivity index is 1.31. The summed E-state index contributed by atoms with van der Waals surface area (Å²) in [5.74, 6) is -0.623. The molecule has 33 heavy (non-hydrogen) atoms. The maximum atomic E-state index is 12.3. The van der Waals surface area contributed by atoms with Gasteiger partial charge in [-0.15, -0.1) is 0 Å². The number of carbonyl (C=O) groups is 2. The molecule has 0 radical (unpaired) electrons. The van der Waals surface area contributed by atoms with Crippen molar-refractivity contribution in [2.24, 2.45) is 0 Å². The molecule has 0 aliphatic heterocycles. The molecule has 1 heterocycles. The molecule has 1 aromatic heterocycles. The Morgan fingerprint density at radius 3 is 2.30 bits per heavy atom. The predicted octanol–water partition coefficient (Wildman–Crippen LogP) is 3.12. The lowest BCUT2D eigenvalue weighted by atomic mass is 9.98. The fourth-order valence-corrected chi connectivity index (χ4v) is 4.08. The van der Waals surface area contributed by atoms with Crippen molar-refractivity contribution < 1.29 is 29.3 Å². The average Bonchev–Trinajstić information content (AvgIpc) is 3.44. The predicted molar refractivity (Wildman–Crippen MR) is 121 cm³/mol. The van der Waals surface area contributed by atoms with Crippen LogP contribution in [0.4, 0.5) is 4.79 Å². The van der Waals surface area contributed by atoms with Crippen LogP contribution in [0.3, 0.4) is 0 Å². The second kappa shape index (κ2) is 9.89. The van der Waals surface area contributed by atoms with E-state index in [9.17, 15) is 19.8 Å². The van der Waals surface area contributed by atoms with Crippen molar-refractivity contribution in [3.63, 3.8) is 0 Å². The smallest absolute Gasteiger partial charge is 0.407 e. The second-order valence-electron chi connectivity index (χ2n) is 7.79. The highest BCUT2D eigenvalue weighted by Crippen LogP contribution is 2.44. The van der Waals surface area contributed by atoms with E-state index in [0.717, 1.165) is 22.3 Å². The molecule has 3 aromatic rings. The molecular formula is C25H26N2O6. The van der Waals surface area contributed by atoms with E-state index < -0.39 is 24.3 Å². The molecule has 1 aliphatic carbocycles. The maximum Gasteiger partial charge on any atom is 0.407 e. The van der Waals surface area contributed by atoms with Crippen LogP contribution in [-0.4, -0.2) is 53.1 Å². The number of H-pyrrole nitrogens is 1. The van der Waals surface area contributed by atoms with Gasteiger partial charge in [0.2, 0.25) is 0 Å². The van der Waals surface area contributed by atoms with E-state index >= 15 is 0 Å². The molecule has 1 amide bonds. The molecule has 4 rings (SSSR count). The first-order chi connectivity index (χ1) is 16.0. The number of aliphatic hydroxyl groups excluding tert-OH is 2. The quantitative estimate of drug-likeness (QED) is 0.391. The zero-order valence-corrected chi connectivity index (χ0v) is 18.2. The number of amides is 1. The number of rotatable bonds is 8. The summed E-state index contributed by atoms with van der Waals surface area (Å²) in [7, 11) is 0. The van der Waals surface area contributed by atoms with Gasteiger partial charge in [0.25, 0.3) is 0 Å². The lowest BCUT2D eigenvalue weighted by Crippen LogP contribution is -2.36. The SMILES string of the molecule is CCOC(=O)c1cc(C(O)C(O)CNC(=O)OCC2c3ccccc3-c3ccccc32)c[nH]1. The van der Waals surface area contributed by atoms with Gasteiger partial charge in [-0.1, -0.05) is 48.5 Å². The van der Waals surface area contributed by atoms with Gasteiger partial charge in [-0.25, -0.2) is 9.59 Å². The van der Waals surface area contributed by atoms with Gasteiger partial charge < -0.3 is 30.0 Å². The largest absolute Gasteiger partial charge is 0.461 e. The van der Waals surface area contributed by atoms with Crippen LogP contribution >= 0.6 is 0 Å². The van der Waals surface area contributed by atoms with Crippen LogP contribution in [-0.2, 0) is 9.47 Å². The lowest BCUT2D eigenvalue weighted by molar-refractivity contribution is 0.0186. The second-order valence-corrected chi connectivity index (χ2v) is 7.79. The Labute approximate surface area is 191 Å². The molecule has 0 saturated carbocycles. The highest BCUT2D eigenvalue weighted by atomic mass is 16.5. The van der Waals surface area contributed by atoms with Crippen molar-refractivity contribution in [2.45, 2.75) is 25.0 Å². The van der Waals surface area contributed by atoms with Crippen LogP contribution in [0.1, 0.15) is 46.1 Å². The maximum absolute atomic E-state index is 12.3. The minimum Gasteiger partial charge on any atom is -0.461 e. The summed E-state index contributed by atoms with van der Waals surface area (Å²) in [4.78, 5) is 26.7. The standard InChI is InChI=1S/C25H26N2O6/c1-2-32-24(30)21-11-15(12-26-21)23(29)22(28)13-27-25(31)33-14-20-18-9-5-3-7-16(18)17-8-4-6-10-19(17)20/h3-12,20,22-23,26,28-29H,2,13-14H2,1H3,(H,27,31). The molecule has 8 heteroatoms. The minimum absolute atomic E-state index is 0.0696. The number of ether oxygens (including phenoxy) is 2. The van der Waals surface area contributed by atoms with Gasteiger partial charge in [0.05, 0.1) is 6.61 Å². The zero-order valence-electron chi connectivity index (χ0n) is 18.2. The number of hydrogen-bond acceptors (Lipinski definition) is 6. The minimum atomic E-state index is -1.31. The number of carbonyl (C=O) groups excluding carboxylic acids is 2. The summed E-state index contributed by atoms with van der Waals surface area (Å²) in [6.07, 6.45) is -1.88. The highest BCUT2D eigenvalue weighted by molar-refractivity contribution is 5.87. The van der Waals surface area contributed by atoms with E-state index in [2.05, 4.69) is 22.4 Å². The van der Waals surface area contributed by atoms with E-state index in [1.165, 1.54) is 12.3 Å². The van der Waals surface area contributed by atoms with Gasteiger partial charge in [-0.3, -0.25) is 0 Å². The fraction of sp³-hybridized carbons (Fsp3) is 0.280. The molecule has 2 atom stereocenters. The monoisotopic (exact) mass is 450 g/mol. The van der Waals surface area contributed by atoms with E-state index in [0.29, 0.717) is 5.56 Å². The molecular weight excluding hydrogens is 424 g/mol. The third-order valence-corrected chi connectivity index (χ3v) is 5.71. The number of hydrogen-bond donors (Lipinski definition) is 4. The van der Waals surface area contributed by atoms with Crippen molar-refractivity contribution in [2.75, 3.05) is 19.8 Å². The Morgan fingerprint density at radius 1 is 1.03 bits per heavy atom. The number of nitrogens with one attached hydrogen (secondary N) is 2. The normalized spacial score (nSPS) is 14.2. The summed E-state index contributed by atoms with van der Waals surface area (Å²) in [6.45, 7) is 1.84. The van der Waals surface area contributed by atoms with E-state index in [1.54, 1.807) is 6.92 Å². The van der Waals surface area contributed by atoms with Gasteiger partial charge in [0, 0.05) is 24.2 Å². The van der Waals surface area contributed by atoms with Crippen molar-refractivity contribution in [1.29, 1.82) is 0 Å². The summed E-state index contributed by atoms with van der Waals surface area (Å²) < 4.78 is 10.3. The van der Waals surface area contributed by atoms with E-state index in [1.807, 2.05) is 36.4 Å². The van der Waals surface area contributed by atoms with Gasteiger partial charge in [-0.2, -0.15) is 0 Å². The van der Waals surface area contributed by atoms with Crippen molar-refractivity contribution >= 4 is 12.1 Å². The van der Waals surface area contributed by atoms with Gasteiger partial charge in [0.15, 0.2) is 0 Å². The fourth-order valence-electron chi connectivity index (χ4n) is 4.08. The molecule has 0 saturated heterocycles. The van der Waals surface area contributed by atoms with E-state index in [-0.39, 0.29) is 31.4 Å². The first kappa shape index (κ1) is 22.6. The highest BCUT2D eigenvalue weighted by Gasteiger charge is 2.29. The average molecular weight is 450 g/mol. The van der Waals surface area contributed by atoms with Crippen LogP contribution in [0.2, 0.25) is 0 Å². The van der Waals surface area contributed by atoms with Gasteiger partial charge in [-0.05, 0) is 35.2 Å². The molecule has 8 nitrogen and oxygen atoms in total. The summed E-state index contributed by atoms with van der Waals surface area (Å²) in [6, 6.07) is 17.5. The van der Waals surface area contributed by atoms with E-state index in [4.69, 9.17) is 9.47 Å². The van der Waals surface area contributed by atoms with Crippen LogP contribution in [0.5, 0.6) is 0 Å². The first-order valence-electron chi connectivity index (χ1n) is 10.8. The Hall–Kier alpha value is -3.62. The summed E-state index contributed by atoms with van der Waals surface area (Å²) in [5.41, 5.74) is 4.95. The third-order valence-electron chi connectivity index (χ3n) is 5.71. The first-order valence-corrected chi connectivity index (χ1v) is 10.8. The van der Waals surface area contributed by atoms with Gasteiger partial charge in [0.1, 0.15) is 24.5 Å².